The Hall–Kier alpha value is -1.34. The van der Waals surface area contributed by atoms with Gasteiger partial charge in [0.05, 0.1) is 13.7 Å². The normalized spacial score (nSPS) is 12.4. The van der Waals surface area contributed by atoms with Crippen LogP contribution in [0.3, 0.4) is 0 Å². The minimum atomic E-state index is -1.26. The van der Waals surface area contributed by atoms with Gasteiger partial charge in [0.15, 0.2) is 0 Å². The summed E-state index contributed by atoms with van der Waals surface area (Å²) in [6.07, 6.45) is -0.247. The van der Waals surface area contributed by atoms with Crippen LogP contribution >= 0.6 is 15.9 Å². The van der Waals surface area contributed by atoms with Gasteiger partial charge in [-0.2, -0.15) is 0 Å². The van der Waals surface area contributed by atoms with E-state index in [1.54, 1.807) is 0 Å². The number of hydrogen-bond donors (Lipinski definition) is 1. The Morgan fingerprint density at radius 1 is 1.30 bits per heavy atom. The second kappa shape index (κ2) is 9.07. The van der Waals surface area contributed by atoms with E-state index in [0.717, 1.165) is 16.1 Å². The molecule has 1 atom stereocenters. The molecular formula is C16H24BrNO4Si. The fraction of sp³-hybridized carbons (Fsp3) is 0.500. The van der Waals surface area contributed by atoms with Gasteiger partial charge in [0, 0.05) is 19.0 Å². The van der Waals surface area contributed by atoms with E-state index in [1.807, 2.05) is 24.3 Å². The van der Waals surface area contributed by atoms with Gasteiger partial charge in [-0.1, -0.05) is 47.7 Å². The van der Waals surface area contributed by atoms with Gasteiger partial charge < -0.3 is 14.8 Å². The monoisotopic (exact) mass is 401 g/mol. The number of alkyl carbamates (subject to hydrolysis) is 1. The van der Waals surface area contributed by atoms with Gasteiger partial charge in [-0.15, -0.1) is 0 Å². The number of carbonyl (C=O) groups is 2. The summed E-state index contributed by atoms with van der Waals surface area (Å²) in [6, 6.07) is 7.67. The molecule has 7 heteroatoms. The molecule has 0 fully saturated rings. The van der Waals surface area contributed by atoms with E-state index in [2.05, 4.69) is 40.9 Å². The summed E-state index contributed by atoms with van der Waals surface area (Å²) in [5, 5.41) is 2.59. The van der Waals surface area contributed by atoms with Crippen molar-refractivity contribution in [3.05, 3.63) is 34.3 Å². The molecular weight excluding hydrogens is 378 g/mol. The predicted octanol–water partition coefficient (Wildman–Crippen LogP) is 3.60. The van der Waals surface area contributed by atoms with Crippen molar-refractivity contribution < 1.29 is 19.1 Å². The summed E-state index contributed by atoms with van der Waals surface area (Å²) in [5.41, 5.74) is 0.914. The van der Waals surface area contributed by atoms with Crippen molar-refractivity contribution in [2.45, 2.75) is 38.1 Å². The van der Waals surface area contributed by atoms with Crippen LogP contribution in [0.25, 0.3) is 0 Å². The summed E-state index contributed by atoms with van der Waals surface area (Å²) >= 11 is 3.39. The zero-order valence-corrected chi connectivity index (χ0v) is 16.6. The summed E-state index contributed by atoms with van der Waals surface area (Å²) in [5.74, 6) is -0.493. The van der Waals surface area contributed by atoms with E-state index in [4.69, 9.17) is 9.47 Å². The van der Waals surface area contributed by atoms with Crippen LogP contribution in [0, 0.1) is 0 Å². The lowest BCUT2D eigenvalue weighted by molar-refractivity contribution is -0.142. The van der Waals surface area contributed by atoms with Crippen LogP contribution in [0.1, 0.15) is 5.56 Å². The molecule has 0 aromatic heterocycles. The Kier molecular flexibility index (Phi) is 7.77. The third kappa shape index (κ3) is 8.18. The molecule has 1 N–H and O–H groups in total. The van der Waals surface area contributed by atoms with Crippen molar-refractivity contribution in [3.63, 3.8) is 0 Å². The Bertz CT molecular complexity index is 545. The third-order valence-corrected chi connectivity index (χ3v) is 5.39. The number of hydrogen-bond acceptors (Lipinski definition) is 4. The number of ether oxygens (including phenoxy) is 2. The molecule has 1 aromatic rings. The Labute approximate surface area is 146 Å². The molecule has 0 aliphatic heterocycles. The van der Waals surface area contributed by atoms with Gasteiger partial charge in [-0.3, -0.25) is 0 Å². The zero-order chi connectivity index (χ0) is 17.5. The highest BCUT2D eigenvalue weighted by Gasteiger charge is 2.23. The first kappa shape index (κ1) is 19.7. The molecule has 0 bridgehead atoms. The second-order valence-electron chi connectivity index (χ2n) is 6.50. The van der Waals surface area contributed by atoms with Crippen molar-refractivity contribution in [3.8, 4) is 0 Å². The lowest BCUT2D eigenvalue weighted by atomic mass is 10.1. The molecule has 0 radical (unpaired) electrons. The molecule has 0 spiro atoms. The largest absolute Gasteiger partial charge is 0.467 e. The standard InChI is InChI=1S/C16H24BrNO4Si/c1-21-15(19)14(11-12-6-5-7-13(17)10-12)18-16(20)22-8-9-23(2,3)4/h5-7,10,14H,8-9,11H2,1-4H3,(H,18,20). The first-order valence-electron chi connectivity index (χ1n) is 7.47. The maximum absolute atomic E-state index is 11.9. The van der Waals surface area contributed by atoms with Crippen LogP contribution < -0.4 is 5.32 Å². The second-order valence-corrected chi connectivity index (χ2v) is 13.0. The molecule has 23 heavy (non-hydrogen) atoms. The molecule has 5 nitrogen and oxygen atoms in total. The molecule has 1 unspecified atom stereocenters. The Morgan fingerprint density at radius 2 is 2.00 bits per heavy atom. The SMILES string of the molecule is COC(=O)C(Cc1cccc(Br)c1)NC(=O)OCC[Si](C)(C)C. The number of halogens is 1. The van der Waals surface area contributed by atoms with E-state index in [0.29, 0.717) is 13.0 Å². The fourth-order valence-corrected chi connectivity index (χ4v) is 3.03. The lowest BCUT2D eigenvalue weighted by Crippen LogP contribution is -2.43. The van der Waals surface area contributed by atoms with Crippen molar-refractivity contribution in [1.82, 2.24) is 5.32 Å². The minimum Gasteiger partial charge on any atom is -0.467 e. The number of amides is 1. The third-order valence-electron chi connectivity index (χ3n) is 3.19. The van der Waals surface area contributed by atoms with Gasteiger partial charge in [-0.05, 0) is 23.7 Å². The van der Waals surface area contributed by atoms with Gasteiger partial charge in [0.2, 0.25) is 0 Å². The number of rotatable bonds is 7. The van der Waals surface area contributed by atoms with Gasteiger partial charge in [0.1, 0.15) is 6.04 Å². The summed E-state index contributed by atoms with van der Waals surface area (Å²) in [7, 11) is 0.0383. The van der Waals surface area contributed by atoms with E-state index in [-0.39, 0.29) is 0 Å². The van der Waals surface area contributed by atoms with Crippen molar-refractivity contribution in [2.75, 3.05) is 13.7 Å². The van der Waals surface area contributed by atoms with Gasteiger partial charge in [-0.25, -0.2) is 9.59 Å². The molecule has 1 amide bonds. The molecule has 1 rings (SSSR count). The van der Waals surface area contributed by atoms with Crippen molar-refractivity contribution >= 4 is 36.1 Å². The highest BCUT2D eigenvalue weighted by Crippen LogP contribution is 2.14. The fourth-order valence-electron chi connectivity index (χ4n) is 1.87. The van der Waals surface area contributed by atoms with Crippen LogP contribution in [0.15, 0.2) is 28.7 Å². The first-order chi connectivity index (χ1) is 10.7. The predicted molar refractivity (Wildman–Crippen MR) is 96.3 cm³/mol. The zero-order valence-electron chi connectivity index (χ0n) is 14.0. The smallest absolute Gasteiger partial charge is 0.407 e. The van der Waals surface area contributed by atoms with E-state index < -0.39 is 26.2 Å². The van der Waals surface area contributed by atoms with Crippen molar-refractivity contribution in [2.24, 2.45) is 0 Å². The van der Waals surface area contributed by atoms with Gasteiger partial charge >= 0.3 is 12.1 Å². The number of benzene rings is 1. The molecule has 0 aliphatic rings. The van der Waals surface area contributed by atoms with Crippen LogP contribution in [0.5, 0.6) is 0 Å². The molecule has 1 aromatic carbocycles. The Balaban J connectivity index is 2.61. The van der Waals surface area contributed by atoms with E-state index in [1.165, 1.54) is 7.11 Å². The number of methoxy groups -OCH3 is 1. The van der Waals surface area contributed by atoms with E-state index in [9.17, 15) is 9.59 Å². The molecule has 0 heterocycles. The highest BCUT2D eigenvalue weighted by molar-refractivity contribution is 9.10. The Morgan fingerprint density at radius 3 is 2.57 bits per heavy atom. The van der Waals surface area contributed by atoms with Crippen LogP contribution in [-0.4, -0.2) is 39.9 Å². The van der Waals surface area contributed by atoms with Crippen LogP contribution in [0.4, 0.5) is 4.79 Å². The summed E-state index contributed by atoms with van der Waals surface area (Å²) in [4.78, 5) is 23.8. The molecule has 0 aliphatic carbocycles. The molecule has 128 valence electrons. The quantitative estimate of drug-likeness (QED) is 0.559. The maximum Gasteiger partial charge on any atom is 0.407 e. The topological polar surface area (TPSA) is 64.6 Å². The minimum absolute atomic E-state index is 0.342. The van der Waals surface area contributed by atoms with Crippen LogP contribution in [0.2, 0.25) is 25.7 Å². The first-order valence-corrected chi connectivity index (χ1v) is 12.0. The summed E-state index contributed by atoms with van der Waals surface area (Å²) in [6.45, 7) is 6.99. The maximum atomic E-state index is 11.9. The van der Waals surface area contributed by atoms with Crippen molar-refractivity contribution in [1.29, 1.82) is 0 Å². The van der Waals surface area contributed by atoms with E-state index >= 15 is 0 Å². The summed E-state index contributed by atoms with van der Waals surface area (Å²) < 4.78 is 10.8. The average molecular weight is 402 g/mol. The number of carbonyl (C=O) groups excluding carboxylic acids is 2. The number of esters is 1. The van der Waals surface area contributed by atoms with Gasteiger partial charge in [0.25, 0.3) is 0 Å². The molecule has 0 saturated carbocycles. The van der Waals surface area contributed by atoms with Crippen LogP contribution in [-0.2, 0) is 20.7 Å². The molecule has 0 saturated heterocycles. The average Bonchev–Trinajstić information content (AvgIpc) is 2.44. The number of nitrogens with one attached hydrogen (secondary N) is 1. The highest BCUT2D eigenvalue weighted by atomic mass is 79.9. The lowest BCUT2D eigenvalue weighted by Gasteiger charge is -2.18.